The first-order chi connectivity index (χ1) is 7.86. The third-order valence-electron chi connectivity index (χ3n) is 1.76. The maximum atomic E-state index is 10.8. The normalized spacial score (nSPS) is 12.4. The molecule has 0 bridgehead atoms. The molecule has 15 heavy (non-hydrogen) atoms. The van der Waals surface area contributed by atoms with Crippen molar-refractivity contribution < 1.29 is 17.0 Å². The number of carbonyl (C=O) groups excluding carboxylic acids is 1. The molecule has 1 aromatic rings. The van der Waals surface area contributed by atoms with E-state index in [1.54, 1.807) is 31.4 Å². The lowest BCUT2D eigenvalue weighted by Gasteiger charge is -2.06. The molecule has 0 aliphatic rings. The first kappa shape index (κ1) is 8.53. The quantitative estimate of drug-likeness (QED) is 0.712. The van der Waals surface area contributed by atoms with Crippen molar-refractivity contribution in [2.75, 3.05) is 13.7 Å². The number of hydrogen-bond donors (Lipinski definition) is 0. The van der Waals surface area contributed by atoms with Crippen LogP contribution >= 0.6 is 0 Å². The summed E-state index contributed by atoms with van der Waals surface area (Å²) in [5.74, 6) is -0.0285. The molecule has 0 aromatic heterocycles. The molecule has 0 unspecified atom stereocenters. The van der Waals surface area contributed by atoms with Crippen molar-refractivity contribution in [2.45, 2.75) is 6.92 Å². The van der Waals surface area contributed by atoms with Gasteiger partial charge in [0.15, 0.2) is 0 Å². The lowest BCUT2D eigenvalue weighted by Crippen LogP contribution is -2.01. The number of methoxy groups -OCH3 is 1. The molecule has 0 spiro atoms. The van der Waals surface area contributed by atoms with Crippen LogP contribution in [-0.2, 0) is 9.53 Å². The molecule has 1 rings (SSSR count). The Balaban J connectivity index is 2.91. The molecule has 0 heterocycles. The molecule has 3 nitrogen and oxygen atoms in total. The summed E-state index contributed by atoms with van der Waals surface area (Å²) in [7, 11) is 1.54. The highest BCUT2D eigenvalue weighted by Crippen LogP contribution is 2.17. The zero-order valence-electron chi connectivity index (χ0n) is 10.7. The van der Waals surface area contributed by atoms with E-state index < -0.39 is 12.5 Å². The Morgan fingerprint density at radius 2 is 2.07 bits per heavy atom. The van der Waals surface area contributed by atoms with E-state index in [0.29, 0.717) is 11.3 Å². The topological polar surface area (TPSA) is 35.5 Å². The van der Waals surface area contributed by atoms with Gasteiger partial charge in [0.2, 0.25) is 0 Å². The molecule has 0 aliphatic heterocycles. The molecular weight excluding hydrogens is 192 g/mol. The SMILES string of the molecule is [2H]C([2H])(OC(C)=O)C(=C)c1ccc(OC)cc1. The summed E-state index contributed by atoms with van der Waals surface area (Å²) < 4.78 is 24.7. The minimum absolute atomic E-state index is 0.0929. The van der Waals surface area contributed by atoms with E-state index in [1.807, 2.05) is 0 Å². The smallest absolute Gasteiger partial charge is 0.302 e. The minimum Gasteiger partial charge on any atom is -0.497 e. The standard InChI is InChI=1S/C12H14O3/c1-9(8-15-10(2)13)11-4-6-12(14-3)7-5-11/h4-7H,1,8H2,2-3H3/i8D2. The zero-order valence-corrected chi connectivity index (χ0v) is 8.74. The van der Waals surface area contributed by atoms with Crippen LogP contribution in [0, 0.1) is 0 Å². The number of rotatable bonds is 4. The van der Waals surface area contributed by atoms with E-state index in [9.17, 15) is 4.79 Å². The van der Waals surface area contributed by atoms with E-state index in [1.165, 1.54) is 0 Å². The van der Waals surface area contributed by atoms with Crippen LogP contribution in [0.15, 0.2) is 30.8 Å². The monoisotopic (exact) mass is 208 g/mol. The van der Waals surface area contributed by atoms with Gasteiger partial charge in [0, 0.05) is 6.92 Å². The molecule has 1 aromatic carbocycles. The van der Waals surface area contributed by atoms with E-state index in [4.69, 9.17) is 7.48 Å². The van der Waals surface area contributed by atoms with Crippen LogP contribution in [0.1, 0.15) is 15.2 Å². The number of hydrogen-bond acceptors (Lipinski definition) is 3. The molecular formula is C12H14O3. The second-order valence-corrected chi connectivity index (χ2v) is 2.90. The molecule has 3 heteroatoms. The van der Waals surface area contributed by atoms with E-state index >= 15 is 0 Å². The Kier molecular flexibility index (Phi) is 2.95. The van der Waals surface area contributed by atoms with Gasteiger partial charge in [-0.1, -0.05) is 18.7 Å². The first-order valence-corrected chi connectivity index (χ1v) is 4.40. The number of esters is 1. The van der Waals surface area contributed by atoms with Crippen molar-refractivity contribution in [3.63, 3.8) is 0 Å². The third kappa shape index (κ3) is 3.46. The van der Waals surface area contributed by atoms with Crippen LogP contribution in [0.5, 0.6) is 5.75 Å². The predicted octanol–water partition coefficient (Wildman–Crippen LogP) is 2.27. The van der Waals surface area contributed by atoms with Crippen molar-refractivity contribution in [1.29, 1.82) is 0 Å². The molecule has 0 N–H and O–H groups in total. The molecule has 0 aliphatic carbocycles. The van der Waals surface area contributed by atoms with Crippen LogP contribution in [0.3, 0.4) is 0 Å². The molecule has 80 valence electrons. The fraction of sp³-hybridized carbons (Fsp3) is 0.250. The van der Waals surface area contributed by atoms with Crippen molar-refractivity contribution in [2.24, 2.45) is 0 Å². The molecule has 0 radical (unpaired) electrons. The third-order valence-corrected chi connectivity index (χ3v) is 1.76. The van der Waals surface area contributed by atoms with Crippen molar-refractivity contribution >= 4 is 11.5 Å². The highest BCUT2D eigenvalue weighted by atomic mass is 16.5. The van der Waals surface area contributed by atoms with Crippen molar-refractivity contribution in [3.8, 4) is 5.75 Å². The molecule has 0 fully saturated rings. The Hall–Kier alpha value is -1.77. The lowest BCUT2D eigenvalue weighted by molar-refractivity contribution is -0.139. The minimum atomic E-state index is -2.21. The summed E-state index contributed by atoms with van der Waals surface area (Å²) in [5.41, 5.74) is 0.646. The fourth-order valence-electron chi connectivity index (χ4n) is 0.985. The Labute approximate surface area is 92.1 Å². The molecule has 0 saturated carbocycles. The van der Waals surface area contributed by atoms with Gasteiger partial charge in [0.05, 0.1) is 9.85 Å². The average molecular weight is 208 g/mol. The summed E-state index contributed by atoms with van der Waals surface area (Å²) in [4.78, 5) is 10.8. The Morgan fingerprint density at radius 1 is 1.47 bits per heavy atom. The second kappa shape index (κ2) is 5.20. The van der Waals surface area contributed by atoms with Crippen LogP contribution in [0.25, 0.3) is 5.57 Å². The summed E-state index contributed by atoms with van der Waals surface area (Å²) in [6.07, 6.45) is 0. The summed E-state index contributed by atoms with van der Waals surface area (Å²) in [6.45, 7) is 2.56. The zero-order chi connectivity index (χ0) is 13.1. The van der Waals surface area contributed by atoms with Crippen LogP contribution in [0.2, 0.25) is 0 Å². The van der Waals surface area contributed by atoms with Gasteiger partial charge in [-0.05, 0) is 23.3 Å². The molecule has 0 amide bonds. The summed E-state index contributed by atoms with van der Waals surface area (Å²) >= 11 is 0. The molecule has 0 atom stereocenters. The fourth-order valence-corrected chi connectivity index (χ4v) is 0.985. The average Bonchev–Trinajstić information content (AvgIpc) is 2.26. The van der Waals surface area contributed by atoms with Gasteiger partial charge >= 0.3 is 5.97 Å². The van der Waals surface area contributed by atoms with Gasteiger partial charge in [-0.25, -0.2) is 0 Å². The van der Waals surface area contributed by atoms with E-state index in [-0.39, 0.29) is 5.57 Å². The van der Waals surface area contributed by atoms with Gasteiger partial charge in [-0.2, -0.15) is 0 Å². The van der Waals surface area contributed by atoms with E-state index in [0.717, 1.165) is 6.92 Å². The second-order valence-electron chi connectivity index (χ2n) is 2.90. The maximum absolute atomic E-state index is 10.8. The predicted molar refractivity (Wildman–Crippen MR) is 58.7 cm³/mol. The van der Waals surface area contributed by atoms with Gasteiger partial charge in [-0.3, -0.25) is 4.79 Å². The van der Waals surface area contributed by atoms with Gasteiger partial charge in [-0.15, -0.1) is 0 Å². The highest BCUT2D eigenvalue weighted by Gasteiger charge is 2.01. The summed E-state index contributed by atoms with van der Waals surface area (Å²) in [5, 5.41) is 0. The van der Waals surface area contributed by atoms with Crippen LogP contribution < -0.4 is 4.74 Å². The first-order valence-electron chi connectivity index (χ1n) is 5.40. The van der Waals surface area contributed by atoms with Crippen molar-refractivity contribution in [1.82, 2.24) is 0 Å². The number of carbonyl (C=O) groups is 1. The van der Waals surface area contributed by atoms with Crippen LogP contribution in [-0.4, -0.2) is 19.6 Å². The van der Waals surface area contributed by atoms with Gasteiger partial charge in [0.1, 0.15) is 12.3 Å². The molecule has 0 saturated heterocycles. The highest BCUT2D eigenvalue weighted by molar-refractivity contribution is 5.70. The lowest BCUT2D eigenvalue weighted by atomic mass is 10.1. The Bertz CT molecular complexity index is 424. The summed E-state index contributed by atoms with van der Waals surface area (Å²) in [6, 6.07) is 6.68. The number of ether oxygens (including phenoxy) is 2. The van der Waals surface area contributed by atoms with Crippen molar-refractivity contribution in [3.05, 3.63) is 36.4 Å². The number of benzene rings is 1. The van der Waals surface area contributed by atoms with E-state index in [2.05, 4.69) is 11.3 Å². The van der Waals surface area contributed by atoms with Crippen LogP contribution in [0.4, 0.5) is 0 Å². The largest absolute Gasteiger partial charge is 0.497 e. The van der Waals surface area contributed by atoms with Gasteiger partial charge in [0.25, 0.3) is 0 Å². The Morgan fingerprint density at radius 3 is 2.53 bits per heavy atom. The van der Waals surface area contributed by atoms with Gasteiger partial charge < -0.3 is 9.47 Å². The maximum Gasteiger partial charge on any atom is 0.302 e.